The standard InChI is InChI=1S/C12H14N4O3/c1-15-6-4-9(14-15)7-13-12(19)10-3-2-5-16(10)8-11(17)18/h2-6H,7-8H2,1H3,(H,13,19)(H,17,18). The van der Waals surface area contributed by atoms with Crippen LogP contribution >= 0.6 is 0 Å². The Morgan fingerprint density at radius 2 is 2.16 bits per heavy atom. The normalized spacial score (nSPS) is 10.4. The van der Waals surface area contributed by atoms with Gasteiger partial charge in [-0.1, -0.05) is 0 Å². The van der Waals surface area contributed by atoms with Crippen molar-refractivity contribution >= 4 is 11.9 Å². The van der Waals surface area contributed by atoms with Gasteiger partial charge in [-0.2, -0.15) is 5.10 Å². The van der Waals surface area contributed by atoms with Crippen LogP contribution in [0.1, 0.15) is 16.2 Å². The van der Waals surface area contributed by atoms with Crippen LogP contribution in [0.5, 0.6) is 0 Å². The molecular formula is C12H14N4O3. The predicted molar refractivity (Wildman–Crippen MR) is 66.4 cm³/mol. The largest absolute Gasteiger partial charge is 0.480 e. The van der Waals surface area contributed by atoms with Gasteiger partial charge in [0.25, 0.3) is 5.91 Å². The fourth-order valence-corrected chi connectivity index (χ4v) is 1.72. The van der Waals surface area contributed by atoms with E-state index in [0.29, 0.717) is 12.2 Å². The van der Waals surface area contributed by atoms with Gasteiger partial charge in [-0.25, -0.2) is 0 Å². The summed E-state index contributed by atoms with van der Waals surface area (Å²) in [6.45, 7) is 0.0667. The van der Waals surface area contributed by atoms with Crippen LogP contribution in [-0.2, 0) is 24.9 Å². The van der Waals surface area contributed by atoms with Crippen LogP contribution < -0.4 is 5.32 Å². The Kier molecular flexibility index (Phi) is 3.65. The molecule has 0 spiro atoms. The van der Waals surface area contributed by atoms with Crippen molar-refractivity contribution in [3.05, 3.63) is 42.0 Å². The molecular weight excluding hydrogens is 248 g/mol. The van der Waals surface area contributed by atoms with Gasteiger partial charge in [-0.3, -0.25) is 14.3 Å². The van der Waals surface area contributed by atoms with Crippen LogP contribution in [0, 0.1) is 0 Å². The second-order valence-electron chi connectivity index (χ2n) is 4.08. The number of nitrogens with one attached hydrogen (secondary N) is 1. The second-order valence-corrected chi connectivity index (χ2v) is 4.08. The average molecular weight is 262 g/mol. The third kappa shape index (κ3) is 3.21. The number of nitrogens with zero attached hydrogens (tertiary/aromatic N) is 3. The Labute approximate surface area is 109 Å². The Hall–Kier alpha value is -2.57. The first kappa shape index (κ1) is 12.9. The molecule has 2 aromatic rings. The van der Waals surface area contributed by atoms with E-state index < -0.39 is 5.97 Å². The molecule has 0 fully saturated rings. The minimum Gasteiger partial charge on any atom is -0.480 e. The molecule has 19 heavy (non-hydrogen) atoms. The fraction of sp³-hybridized carbons (Fsp3) is 0.250. The number of aryl methyl sites for hydroxylation is 1. The summed E-state index contributed by atoms with van der Waals surface area (Å²) in [6, 6.07) is 5.02. The summed E-state index contributed by atoms with van der Waals surface area (Å²) >= 11 is 0. The fourth-order valence-electron chi connectivity index (χ4n) is 1.72. The number of carbonyl (C=O) groups excluding carboxylic acids is 1. The maximum absolute atomic E-state index is 11.9. The summed E-state index contributed by atoms with van der Waals surface area (Å²) in [6.07, 6.45) is 3.35. The molecule has 0 saturated carbocycles. The summed E-state index contributed by atoms with van der Waals surface area (Å²) in [5.74, 6) is -1.31. The zero-order valence-corrected chi connectivity index (χ0v) is 10.4. The summed E-state index contributed by atoms with van der Waals surface area (Å²) in [4.78, 5) is 22.6. The highest BCUT2D eigenvalue weighted by atomic mass is 16.4. The quantitative estimate of drug-likeness (QED) is 0.807. The Morgan fingerprint density at radius 3 is 2.79 bits per heavy atom. The monoisotopic (exact) mass is 262 g/mol. The van der Waals surface area contributed by atoms with Gasteiger partial charge in [0, 0.05) is 19.4 Å². The summed E-state index contributed by atoms with van der Waals surface area (Å²) in [5.41, 5.74) is 1.06. The first-order valence-corrected chi connectivity index (χ1v) is 5.70. The lowest BCUT2D eigenvalue weighted by Gasteiger charge is -2.06. The minimum atomic E-state index is -0.991. The van der Waals surface area contributed by atoms with Gasteiger partial charge < -0.3 is 15.0 Å². The summed E-state index contributed by atoms with van der Waals surface area (Å²) < 4.78 is 3.03. The number of aliphatic carboxylic acids is 1. The number of carbonyl (C=O) groups is 2. The lowest BCUT2D eigenvalue weighted by molar-refractivity contribution is -0.137. The topological polar surface area (TPSA) is 89.2 Å². The molecule has 1 amide bonds. The lowest BCUT2D eigenvalue weighted by atomic mass is 10.3. The number of rotatable bonds is 5. The zero-order chi connectivity index (χ0) is 13.8. The van der Waals surface area contributed by atoms with Gasteiger partial charge in [-0.15, -0.1) is 0 Å². The second kappa shape index (κ2) is 5.38. The zero-order valence-electron chi connectivity index (χ0n) is 10.4. The van der Waals surface area contributed by atoms with Crippen LogP contribution in [0.25, 0.3) is 0 Å². The van der Waals surface area contributed by atoms with Gasteiger partial charge >= 0.3 is 5.97 Å². The Morgan fingerprint density at radius 1 is 1.37 bits per heavy atom. The molecule has 0 unspecified atom stereocenters. The maximum atomic E-state index is 11.9. The molecule has 0 bridgehead atoms. The number of hydrogen-bond acceptors (Lipinski definition) is 3. The van der Waals surface area contributed by atoms with Gasteiger partial charge in [0.2, 0.25) is 0 Å². The van der Waals surface area contributed by atoms with E-state index in [2.05, 4.69) is 10.4 Å². The smallest absolute Gasteiger partial charge is 0.323 e. The van der Waals surface area contributed by atoms with Crippen molar-refractivity contribution in [2.24, 2.45) is 7.05 Å². The van der Waals surface area contributed by atoms with E-state index in [1.165, 1.54) is 4.57 Å². The molecule has 100 valence electrons. The highest BCUT2D eigenvalue weighted by molar-refractivity contribution is 5.93. The molecule has 7 nitrogen and oxygen atoms in total. The van der Waals surface area contributed by atoms with E-state index in [0.717, 1.165) is 5.69 Å². The van der Waals surface area contributed by atoms with Gasteiger partial charge in [-0.05, 0) is 18.2 Å². The van der Waals surface area contributed by atoms with Crippen molar-refractivity contribution in [2.45, 2.75) is 13.1 Å². The molecule has 0 aromatic carbocycles. The van der Waals surface area contributed by atoms with E-state index in [1.807, 2.05) is 0 Å². The number of carboxylic acids is 1. The lowest BCUT2D eigenvalue weighted by Crippen LogP contribution is -2.26. The molecule has 0 aliphatic carbocycles. The van der Waals surface area contributed by atoms with Crippen molar-refractivity contribution in [2.75, 3.05) is 0 Å². The molecule has 2 N–H and O–H groups in total. The first-order chi connectivity index (χ1) is 9.06. The minimum absolute atomic E-state index is 0.237. The Bertz CT molecular complexity index is 600. The van der Waals surface area contributed by atoms with Crippen molar-refractivity contribution < 1.29 is 14.7 Å². The molecule has 0 radical (unpaired) electrons. The van der Waals surface area contributed by atoms with Crippen LogP contribution in [0.4, 0.5) is 0 Å². The van der Waals surface area contributed by atoms with Gasteiger partial charge in [0.15, 0.2) is 0 Å². The summed E-state index contributed by atoms with van der Waals surface area (Å²) in [7, 11) is 1.79. The highest BCUT2D eigenvalue weighted by Gasteiger charge is 2.12. The summed E-state index contributed by atoms with van der Waals surface area (Å²) in [5, 5.41) is 15.6. The number of hydrogen-bond donors (Lipinski definition) is 2. The van der Waals surface area contributed by atoms with E-state index in [1.54, 1.807) is 42.3 Å². The van der Waals surface area contributed by atoms with Crippen LogP contribution in [0.3, 0.4) is 0 Å². The molecule has 0 aliphatic heterocycles. The number of carboxylic acid groups (broad SMARTS) is 1. The molecule has 7 heteroatoms. The van der Waals surface area contributed by atoms with Crippen molar-refractivity contribution in [3.63, 3.8) is 0 Å². The molecule has 2 rings (SSSR count). The molecule has 0 atom stereocenters. The number of amides is 1. The molecule has 0 saturated heterocycles. The van der Waals surface area contributed by atoms with E-state index in [4.69, 9.17) is 5.11 Å². The Balaban J connectivity index is 2.00. The highest BCUT2D eigenvalue weighted by Crippen LogP contribution is 2.03. The van der Waals surface area contributed by atoms with E-state index in [9.17, 15) is 9.59 Å². The van der Waals surface area contributed by atoms with Crippen molar-refractivity contribution in [1.82, 2.24) is 19.7 Å². The van der Waals surface area contributed by atoms with Crippen LogP contribution in [0.2, 0.25) is 0 Å². The maximum Gasteiger partial charge on any atom is 0.323 e. The van der Waals surface area contributed by atoms with E-state index in [-0.39, 0.29) is 12.5 Å². The van der Waals surface area contributed by atoms with Crippen LogP contribution in [0.15, 0.2) is 30.6 Å². The predicted octanol–water partition coefficient (Wildman–Crippen LogP) is 0.236. The molecule has 2 aromatic heterocycles. The average Bonchev–Trinajstić information content (AvgIpc) is 2.94. The number of aromatic nitrogens is 3. The van der Waals surface area contributed by atoms with E-state index >= 15 is 0 Å². The molecule has 2 heterocycles. The van der Waals surface area contributed by atoms with Gasteiger partial charge in [0.1, 0.15) is 12.2 Å². The molecule has 0 aliphatic rings. The van der Waals surface area contributed by atoms with Crippen molar-refractivity contribution in [1.29, 1.82) is 0 Å². The SMILES string of the molecule is Cn1ccc(CNC(=O)c2cccn2CC(=O)O)n1. The first-order valence-electron chi connectivity index (χ1n) is 5.70. The van der Waals surface area contributed by atoms with Crippen molar-refractivity contribution in [3.8, 4) is 0 Å². The third-order valence-electron chi connectivity index (χ3n) is 2.57. The third-order valence-corrected chi connectivity index (χ3v) is 2.57. The van der Waals surface area contributed by atoms with Gasteiger partial charge in [0.05, 0.1) is 12.2 Å². The van der Waals surface area contributed by atoms with Crippen LogP contribution in [-0.4, -0.2) is 31.3 Å².